The van der Waals surface area contributed by atoms with Gasteiger partial charge >= 0.3 is 0 Å². The summed E-state index contributed by atoms with van der Waals surface area (Å²) in [6.45, 7) is 3.51. The lowest BCUT2D eigenvalue weighted by Crippen LogP contribution is -2.37. The van der Waals surface area contributed by atoms with E-state index in [2.05, 4.69) is 14.9 Å². The summed E-state index contributed by atoms with van der Waals surface area (Å²) in [5, 5.41) is 3.28. The third-order valence-electron chi connectivity index (χ3n) is 6.08. The zero-order chi connectivity index (χ0) is 23.8. The van der Waals surface area contributed by atoms with Crippen LogP contribution in [-0.2, 0) is 10.0 Å². The number of carbonyl (C=O) groups is 1. The highest BCUT2D eigenvalue weighted by molar-refractivity contribution is 7.92. The van der Waals surface area contributed by atoms with E-state index in [1.807, 2.05) is 0 Å². The van der Waals surface area contributed by atoms with E-state index in [9.17, 15) is 13.2 Å². The number of halogens is 1. The lowest BCUT2D eigenvalue weighted by atomic mass is 10.1. The van der Waals surface area contributed by atoms with Crippen molar-refractivity contribution in [1.29, 1.82) is 0 Å². The maximum Gasteiger partial charge on any atom is 0.262 e. The number of aryl methyl sites for hydroxylation is 1. The maximum atomic E-state index is 13.2. The number of sulfonamides is 1. The Morgan fingerprint density at radius 3 is 2.48 bits per heavy atom. The van der Waals surface area contributed by atoms with Gasteiger partial charge < -0.3 is 14.8 Å². The Kier molecular flexibility index (Phi) is 6.74. The molecule has 0 bridgehead atoms. The van der Waals surface area contributed by atoms with Crippen molar-refractivity contribution < 1.29 is 22.7 Å². The maximum absolute atomic E-state index is 13.2. The van der Waals surface area contributed by atoms with Crippen LogP contribution in [0.1, 0.15) is 35.2 Å². The summed E-state index contributed by atoms with van der Waals surface area (Å²) in [5.74, 6) is 0.338. The molecule has 1 saturated heterocycles. The number of nitrogens with one attached hydrogen (secondary N) is 2. The Bertz CT molecular complexity index is 1170. The van der Waals surface area contributed by atoms with Gasteiger partial charge in [-0.05, 0) is 49.9 Å². The van der Waals surface area contributed by atoms with Crippen LogP contribution in [0.4, 0.5) is 5.69 Å². The van der Waals surface area contributed by atoms with Crippen LogP contribution in [0, 0.1) is 6.92 Å². The third-order valence-corrected chi connectivity index (χ3v) is 7.88. The summed E-state index contributed by atoms with van der Waals surface area (Å²) in [6, 6.07) is 8.34. The normalized spacial score (nSPS) is 18.7. The summed E-state index contributed by atoms with van der Waals surface area (Å²) in [7, 11) is -1.15. The first-order chi connectivity index (χ1) is 15.7. The lowest BCUT2D eigenvalue weighted by molar-refractivity contribution is 0.0937. The molecule has 178 valence electrons. The van der Waals surface area contributed by atoms with Crippen molar-refractivity contribution in [2.24, 2.45) is 0 Å². The Hall–Kier alpha value is -2.49. The van der Waals surface area contributed by atoms with Gasteiger partial charge in [-0.2, -0.15) is 0 Å². The lowest BCUT2D eigenvalue weighted by Gasteiger charge is -2.17. The molecule has 1 aliphatic heterocycles. The fourth-order valence-corrected chi connectivity index (χ4v) is 5.69. The molecule has 1 saturated carbocycles. The highest BCUT2D eigenvalue weighted by atomic mass is 35.5. The number of methoxy groups -OCH3 is 2. The number of carbonyl (C=O) groups excluding carboxylic acids is 1. The van der Waals surface area contributed by atoms with Gasteiger partial charge in [0.05, 0.1) is 29.8 Å². The zero-order valence-corrected chi connectivity index (χ0v) is 20.4. The highest BCUT2D eigenvalue weighted by Gasteiger charge is 2.35. The topological polar surface area (TPSA) is 97.0 Å². The van der Waals surface area contributed by atoms with Gasteiger partial charge in [-0.15, -0.1) is 0 Å². The van der Waals surface area contributed by atoms with Crippen LogP contribution < -0.4 is 19.5 Å². The van der Waals surface area contributed by atoms with E-state index in [1.54, 1.807) is 19.1 Å². The molecule has 1 heterocycles. The van der Waals surface area contributed by atoms with Crippen molar-refractivity contribution in [1.82, 2.24) is 10.2 Å². The van der Waals surface area contributed by atoms with Crippen molar-refractivity contribution in [2.45, 2.75) is 43.2 Å². The minimum atomic E-state index is -4.03. The fourth-order valence-electron chi connectivity index (χ4n) is 4.12. The van der Waals surface area contributed by atoms with Gasteiger partial charge in [0, 0.05) is 36.8 Å². The van der Waals surface area contributed by atoms with E-state index in [-0.39, 0.29) is 33.3 Å². The molecule has 0 aromatic heterocycles. The van der Waals surface area contributed by atoms with E-state index in [4.69, 9.17) is 21.1 Å². The second-order valence-corrected chi connectivity index (χ2v) is 10.5. The number of benzene rings is 2. The van der Waals surface area contributed by atoms with Gasteiger partial charge in [0.2, 0.25) is 0 Å². The van der Waals surface area contributed by atoms with Crippen LogP contribution in [0.25, 0.3) is 0 Å². The van der Waals surface area contributed by atoms with Crippen LogP contribution in [0.5, 0.6) is 11.5 Å². The standard InChI is InChI=1S/C23H28ClN3O5S/c1-14-4-5-15(23(28)25-16-8-9-27(13-16)17-6-7-17)10-22(14)33(29,30)26-19-11-18(24)20(31-2)12-21(19)32-3/h4-5,10-12,16-17,26H,6-9,13H2,1-3H3,(H,25,28). The van der Waals surface area contributed by atoms with E-state index < -0.39 is 10.0 Å². The first-order valence-corrected chi connectivity index (χ1v) is 12.7. The molecule has 1 atom stereocenters. The van der Waals surface area contributed by atoms with Crippen molar-refractivity contribution in [3.63, 3.8) is 0 Å². The molecule has 0 spiro atoms. The summed E-state index contributed by atoms with van der Waals surface area (Å²) >= 11 is 6.17. The Morgan fingerprint density at radius 2 is 1.82 bits per heavy atom. The van der Waals surface area contributed by atoms with E-state index in [0.29, 0.717) is 22.9 Å². The number of amides is 1. The molecule has 0 radical (unpaired) electrons. The van der Waals surface area contributed by atoms with Crippen molar-refractivity contribution in [2.75, 3.05) is 32.0 Å². The largest absolute Gasteiger partial charge is 0.495 e. The molecular weight excluding hydrogens is 466 g/mol. The summed E-state index contributed by atoms with van der Waals surface area (Å²) in [5.41, 5.74) is 0.979. The van der Waals surface area contributed by atoms with Gasteiger partial charge in [-0.1, -0.05) is 17.7 Å². The molecule has 1 aliphatic carbocycles. The van der Waals surface area contributed by atoms with E-state index in [1.165, 1.54) is 45.3 Å². The zero-order valence-electron chi connectivity index (χ0n) is 18.9. The number of hydrogen-bond acceptors (Lipinski definition) is 6. The SMILES string of the molecule is COc1cc(OC)c(NS(=O)(=O)c2cc(C(=O)NC3CCN(C4CC4)C3)ccc2C)cc1Cl. The summed E-state index contributed by atoms with van der Waals surface area (Å²) < 4.78 is 39.4. The fraction of sp³-hybridized carbons (Fsp3) is 0.435. The number of rotatable bonds is 8. The molecule has 2 N–H and O–H groups in total. The van der Waals surface area contributed by atoms with Gasteiger partial charge in [0.1, 0.15) is 11.5 Å². The van der Waals surface area contributed by atoms with Crippen LogP contribution >= 0.6 is 11.6 Å². The van der Waals surface area contributed by atoms with Crippen molar-refractivity contribution >= 4 is 33.2 Å². The predicted molar refractivity (Wildman–Crippen MR) is 127 cm³/mol. The van der Waals surface area contributed by atoms with Crippen LogP contribution in [-0.4, -0.2) is 58.6 Å². The molecule has 2 aromatic carbocycles. The first kappa shape index (κ1) is 23.7. The monoisotopic (exact) mass is 493 g/mol. The minimum absolute atomic E-state index is 0.00942. The highest BCUT2D eigenvalue weighted by Crippen LogP contribution is 2.37. The second kappa shape index (κ2) is 9.40. The third kappa shape index (κ3) is 5.20. The number of ether oxygens (including phenoxy) is 2. The molecule has 1 amide bonds. The second-order valence-electron chi connectivity index (χ2n) is 8.46. The number of likely N-dealkylation sites (tertiary alicyclic amines) is 1. The number of anilines is 1. The molecule has 1 unspecified atom stereocenters. The van der Waals surface area contributed by atoms with Gasteiger partial charge in [-0.25, -0.2) is 8.42 Å². The first-order valence-electron chi connectivity index (χ1n) is 10.8. The average molecular weight is 494 g/mol. The van der Waals surface area contributed by atoms with Crippen LogP contribution in [0.15, 0.2) is 35.2 Å². The van der Waals surface area contributed by atoms with Gasteiger partial charge in [-0.3, -0.25) is 14.4 Å². The van der Waals surface area contributed by atoms with Crippen LogP contribution in [0.3, 0.4) is 0 Å². The summed E-state index contributed by atoms with van der Waals surface area (Å²) in [6.07, 6.45) is 3.37. The van der Waals surface area contributed by atoms with Gasteiger partial charge in [0.25, 0.3) is 15.9 Å². The number of hydrogen-bond donors (Lipinski definition) is 2. The van der Waals surface area contributed by atoms with Crippen molar-refractivity contribution in [3.05, 3.63) is 46.5 Å². The quantitative estimate of drug-likeness (QED) is 0.584. The molecule has 10 heteroatoms. The number of nitrogens with zero attached hydrogens (tertiary/aromatic N) is 1. The van der Waals surface area contributed by atoms with Crippen molar-refractivity contribution in [3.8, 4) is 11.5 Å². The molecule has 2 fully saturated rings. The molecule has 2 aliphatic rings. The van der Waals surface area contributed by atoms with E-state index >= 15 is 0 Å². The van der Waals surface area contributed by atoms with E-state index in [0.717, 1.165) is 19.5 Å². The van der Waals surface area contributed by atoms with Crippen LogP contribution in [0.2, 0.25) is 5.02 Å². The Labute approximate surface area is 199 Å². The molecule has 33 heavy (non-hydrogen) atoms. The average Bonchev–Trinajstić information content (AvgIpc) is 3.53. The predicted octanol–water partition coefficient (Wildman–Crippen LogP) is 3.43. The molecule has 8 nitrogen and oxygen atoms in total. The molecular formula is C23H28ClN3O5S. The minimum Gasteiger partial charge on any atom is -0.495 e. The Balaban J connectivity index is 1.54. The molecule has 4 rings (SSSR count). The van der Waals surface area contributed by atoms with Gasteiger partial charge in [0.15, 0.2) is 0 Å². The molecule has 2 aromatic rings. The summed E-state index contributed by atoms with van der Waals surface area (Å²) in [4.78, 5) is 15.3. The smallest absolute Gasteiger partial charge is 0.262 e. The Morgan fingerprint density at radius 1 is 1.09 bits per heavy atom.